The summed E-state index contributed by atoms with van der Waals surface area (Å²) in [6, 6.07) is 0. The Kier molecular flexibility index (Phi) is 51.8. The van der Waals surface area contributed by atoms with Gasteiger partial charge in [-0.05, 0) is 12.8 Å². The first kappa shape index (κ1) is 68.3. The van der Waals surface area contributed by atoms with E-state index >= 15 is 0 Å². The molecule has 0 aromatic heterocycles. The Balaban J connectivity index is 0. The van der Waals surface area contributed by atoms with Gasteiger partial charge in [0, 0.05) is 32.4 Å². The molecule has 0 aliphatic heterocycles. The first-order valence-corrected chi connectivity index (χ1v) is 27.9. The molecule has 18 heteroatoms. The van der Waals surface area contributed by atoms with Crippen LogP contribution in [0, 0.1) is 0 Å². The van der Waals surface area contributed by atoms with Crippen LogP contribution in [0.3, 0.4) is 0 Å². The summed E-state index contributed by atoms with van der Waals surface area (Å²) in [5.74, 6) is -2.47. The van der Waals surface area contributed by atoms with Crippen molar-refractivity contribution in [1.82, 2.24) is 10.6 Å². The molecule has 1 unspecified atom stereocenters. The van der Waals surface area contributed by atoms with E-state index in [-0.39, 0.29) is 94.8 Å². The van der Waals surface area contributed by atoms with Crippen LogP contribution in [0.25, 0.3) is 0 Å². The van der Waals surface area contributed by atoms with E-state index in [1.165, 1.54) is 141 Å². The van der Waals surface area contributed by atoms with E-state index in [1.54, 1.807) is 0 Å². The minimum Gasteiger partial charge on any atom is -0.756 e. The first-order chi connectivity index (χ1) is 32.5. The summed E-state index contributed by atoms with van der Waals surface area (Å²) in [4.78, 5) is 71.8. The van der Waals surface area contributed by atoms with Crippen LogP contribution in [0.2, 0.25) is 0 Å². The molecule has 3 N–H and O–H groups in total. The average Bonchev–Trinajstić information content (AvgIpc) is 3.30. The number of rotatable bonds is 51. The van der Waals surface area contributed by atoms with Gasteiger partial charge in [-0.15, -0.1) is 0 Å². The molecule has 0 fully saturated rings. The number of esters is 2. The largest absolute Gasteiger partial charge is 1.00 e. The van der Waals surface area contributed by atoms with Crippen LogP contribution in [-0.2, 0) is 51.7 Å². The molecule has 0 saturated heterocycles. The SMILES string of the molecule is CCCCCCCCCCCCCCCCCC(=O)OC[C@@H](COP(=O)([O-])OCCNC(=O)OCCOCCNC(=O)CCC(=O)O)OC(=O)CCCCCCCCCCCCCCCCC.[Na+]. The van der Waals surface area contributed by atoms with Crippen LogP contribution < -0.4 is 45.1 Å². The summed E-state index contributed by atoms with van der Waals surface area (Å²) < 4.78 is 43.5. The van der Waals surface area contributed by atoms with Gasteiger partial charge in [-0.2, -0.15) is 0 Å². The summed E-state index contributed by atoms with van der Waals surface area (Å²) in [5.41, 5.74) is 0. The molecule has 0 aromatic carbocycles. The van der Waals surface area contributed by atoms with Crippen molar-refractivity contribution in [1.29, 1.82) is 0 Å². The van der Waals surface area contributed by atoms with Gasteiger partial charge in [0.15, 0.2) is 6.10 Å². The molecule has 0 rings (SSSR count). The molecule has 68 heavy (non-hydrogen) atoms. The number of phosphoric acid groups is 1. The number of phosphoric ester groups is 1. The van der Waals surface area contributed by atoms with Crippen LogP contribution >= 0.6 is 7.82 Å². The van der Waals surface area contributed by atoms with E-state index in [4.69, 9.17) is 33.1 Å². The molecule has 2 atom stereocenters. The Morgan fingerprint density at radius 3 is 1.37 bits per heavy atom. The Morgan fingerprint density at radius 2 is 0.912 bits per heavy atom. The van der Waals surface area contributed by atoms with Gasteiger partial charge < -0.3 is 48.6 Å². The quantitative estimate of drug-likeness (QED) is 0.0172. The normalized spacial score (nSPS) is 12.4. The Morgan fingerprint density at radius 1 is 0.485 bits per heavy atom. The number of nitrogens with one attached hydrogen (secondary N) is 2. The third-order valence-electron chi connectivity index (χ3n) is 11.3. The van der Waals surface area contributed by atoms with E-state index < -0.39 is 57.0 Å². The molecule has 0 bridgehead atoms. The Bertz CT molecular complexity index is 1270. The van der Waals surface area contributed by atoms with Crippen molar-refractivity contribution in [3.05, 3.63) is 0 Å². The van der Waals surface area contributed by atoms with Crippen molar-refractivity contribution < 1.29 is 96.1 Å². The van der Waals surface area contributed by atoms with Gasteiger partial charge in [0.1, 0.15) is 13.2 Å². The molecule has 0 radical (unpaired) electrons. The van der Waals surface area contributed by atoms with E-state index in [0.717, 1.165) is 38.5 Å². The maximum atomic E-state index is 12.8. The zero-order chi connectivity index (χ0) is 49.3. The number of aliphatic carboxylic acids is 1. The molecule has 2 amide bonds. The second kappa shape index (κ2) is 51.6. The second-order valence-electron chi connectivity index (χ2n) is 17.7. The summed E-state index contributed by atoms with van der Waals surface area (Å²) in [5, 5.41) is 13.4. The molecule has 0 spiro atoms. The number of carboxylic acids is 1. The predicted molar refractivity (Wildman–Crippen MR) is 259 cm³/mol. The van der Waals surface area contributed by atoms with Crippen molar-refractivity contribution in [3.63, 3.8) is 0 Å². The van der Waals surface area contributed by atoms with Gasteiger partial charge in [0.2, 0.25) is 5.91 Å². The third-order valence-corrected chi connectivity index (χ3v) is 12.3. The number of ether oxygens (including phenoxy) is 4. The molecule has 0 aromatic rings. The van der Waals surface area contributed by atoms with Crippen LogP contribution in [0.5, 0.6) is 0 Å². The van der Waals surface area contributed by atoms with Gasteiger partial charge in [-0.25, -0.2) is 4.79 Å². The molecule has 394 valence electrons. The topological polar surface area (TPSA) is 225 Å². The minimum absolute atomic E-state index is 0. The number of alkyl carbamates (subject to hydrolysis) is 1. The van der Waals surface area contributed by atoms with E-state index in [9.17, 15) is 33.4 Å². The number of carbonyl (C=O) groups excluding carboxylic acids is 4. The van der Waals surface area contributed by atoms with E-state index in [1.807, 2.05) is 0 Å². The number of hydrogen-bond acceptors (Lipinski definition) is 13. The summed E-state index contributed by atoms with van der Waals surface area (Å²) >= 11 is 0. The minimum atomic E-state index is -4.90. The number of carbonyl (C=O) groups is 5. The molecule has 0 heterocycles. The van der Waals surface area contributed by atoms with Gasteiger partial charge >= 0.3 is 53.6 Å². The van der Waals surface area contributed by atoms with Gasteiger partial charge in [0.25, 0.3) is 7.82 Å². The maximum Gasteiger partial charge on any atom is 1.00 e. The number of hydrogen-bond donors (Lipinski definition) is 3. The zero-order valence-corrected chi connectivity index (χ0v) is 45.9. The second-order valence-corrected chi connectivity index (χ2v) is 19.1. The van der Waals surface area contributed by atoms with Crippen molar-refractivity contribution in [2.45, 2.75) is 238 Å². The zero-order valence-electron chi connectivity index (χ0n) is 43.0. The molecule has 0 saturated carbocycles. The Hall–Kier alpha value is -1.78. The Labute approximate surface area is 433 Å². The number of unbranched alkanes of at least 4 members (excludes halogenated alkanes) is 28. The van der Waals surface area contributed by atoms with Crippen molar-refractivity contribution in [2.75, 3.05) is 52.7 Å². The fraction of sp³-hybridized carbons (Fsp3) is 0.900. The predicted octanol–water partition coefficient (Wildman–Crippen LogP) is 8.19. The van der Waals surface area contributed by atoms with Crippen molar-refractivity contribution >= 4 is 37.7 Å². The smallest absolute Gasteiger partial charge is 0.756 e. The van der Waals surface area contributed by atoms with Crippen molar-refractivity contribution in [2.24, 2.45) is 0 Å². The van der Waals surface area contributed by atoms with Gasteiger partial charge in [-0.3, -0.25) is 23.7 Å². The molecule has 0 aliphatic rings. The molecule has 0 aliphatic carbocycles. The monoisotopic (exact) mass is 1000 g/mol. The van der Waals surface area contributed by atoms with Crippen LogP contribution in [-0.4, -0.2) is 93.8 Å². The fourth-order valence-electron chi connectivity index (χ4n) is 7.34. The standard InChI is InChI=1S/C50H95N2O14P.Na/c1-3-5-7-9-11-13-15-17-19-21-23-25-27-29-31-33-48(56)63-43-45(66-49(57)34-32-30-28-26-24-22-20-18-16-14-12-10-8-6-4-2)44-65-67(59,60)64-40-38-52-50(58)62-42-41-61-39-37-51-46(53)35-36-47(54)55;/h45H,3-44H2,1-2H3,(H,51,53)(H,52,58)(H,54,55)(H,59,60);/q;+1/p-1/t45-;/m0./s1. The van der Waals surface area contributed by atoms with E-state index in [2.05, 4.69) is 24.5 Å². The first-order valence-electron chi connectivity index (χ1n) is 26.4. The van der Waals surface area contributed by atoms with Gasteiger partial charge in [0.05, 0.1) is 32.8 Å². The molecular weight excluding hydrogens is 907 g/mol. The van der Waals surface area contributed by atoms with Gasteiger partial charge in [-0.1, -0.05) is 194 Å². The number of amides is 2. The number of carboxylic acid groups (broad SMARTS) is 1. The maximum absolute atomic E-state index is 12.8. The molecule has 16 nitrogen and oxygen atoms in total. The van der Waals surface area contributed by atoms with Crippen LogP contribution in [0.1, 0.15) is 232 Å². The van der Waals surface area contributed by atoms with Crippen LogP contribution in [0.15, 0.2) is 0 Å². The average molecular weight is 1000 g/mol. The van der Waals surface area contributed by atoms with Crippen molar-refractivity contribution in [3.8, 4) is 0 Å². The van der Waals surface area contributed by atoms with E-state index in [0.29, 0.717) is 12.8 Å². The summed E-state index contributed by atoms with van der Waals surface area (Å²) in [6.45, 7) is 3.01. The summed E-state index contributed by atoms with van der Waals surface area (Å²) in [7, 11) is -4.90. The third kappa shape index (κ3) is 52.1. The van der Waals surface area contributed by atoms with Crippen LogP contribution in [0.4, 0.5) is 4.79 Å². The summed E-state index contributed by atoms with van der Waals surface area (Å²) in [6.07, 6.45) is 34.1. The molecular formula is C50H94N2NaO14P. The fourth-order valence-corrected chi connectivity index (χ4v) is 8.08.